The van der Waals surface area contributed by atoms with E-state index >= 15 is 0 Å². The molecule has 0 fully saturated rings. The van der Waals surface area contributed by atoms with Crippen LogP contribution in [-0.2, 0) is 9.53 Å². The molecule has 0 bridgehead atoms. The van der Waals surface area contributed by atoms with Gasteiger partial charge in [0.15, 0.2) is 0 Å². The van der Waals surface area contributed by atoms with E-state index in [1.54, 1.807) is 0 Å². The largest absolute Gasteiger partial charge is 0.465 e. The molecular weight excluding hydrogens is 590 g/mol. The Hall–Kier alpha value is -1.13. The Morgan fingerprint density at radius 1 is 0.521 bits per heavy atom. The number of unbranched alkanes of at least 4 members (excludes halogenated alkanes) is 22. The first-order chi connectivity index (χ1) is 23.7. The van der Waals surface area contributed by atoms with Crippen molar-refractivity contribution in [3.05, 3.63) is 24.3 Å². The molecule has 0 radical (unpaired) electrons. The molecule has 0 spiro atoms. The number of aliphatic hydroxyl groups excluding tert-OH is 1. The zero-order chi connectivity index (χ0) is 35.0. The van der Waals surface area contributed by atoms with Crippen molar-refractivity contribution >= 4 is 5.97 Å². The number of carbonyl (C=O) groups excluding carboxylic acids is 1. The predicted octanol–water partition coefficient (Wildman–Crippen LogP) is 13.3. The summed E-state index contributed by atoms with van der Waals surface area (Å²) in [5.74, 6) is 0.189. The number of aliphatic hydroxyl groups is 1. The highest BCUT2D eigenvalue weighted by Gasteiger charge is 2.19. The minimum Gasteiger partial charge on any atom is -0.465 e. The van der Waals surface area contributed by atoms with Crippen molar-refractivity contribution in [3.8, 4) is 0 Å². The lowest BCUT2D eigenvalue weighted by atomic mass is 9.94. The lowest BCUT2D eigenvalue weighted by molar-refractivity contribution is -0.149. The molecule has 0 aromatic heterocycles. The van der Waals surface area contributed by atoms with Crippen LogP contribution in [0.5, 0.6) is 0 Å². The Labute approximate surface area is 301 Å². The molecule has 0 aliphatic carbocycles. The second-order valence-electron chi connectivity index (χ2n) is 14.5. The fourth-order valence-electron chi connectivity index (χ4n) is 6.60. The number of allylic oxidation sites excluding steroid dienone is 4. The number of hydrogen-bond acceptors (Lipinski definition) is 4. The van der Waals surface area contributed by atoms with Crippen LogP contribution in [0.3, 0.4) is 0 Å². The number of carbonyl (C=O) groups is 1. The Morgan fingerprint density at radius 2 is 0.938 bits per heavy atom. The van der Waals surface area contributed by atoms with E-state index in [1.807, 2.05) is 0 Å². The van der Waals surface area contributed by atoms with E-state index in [4.69, 9.17) is 4.74 Å². The molecule has 0 saturated heterocycles. The van der Waals surface area contributed by atoms with E-state index in [0.717, 1.165) is 58.2 Å². The maximum Gasteiger partial charge on any atom is 0.308 e. The van der Waals surface area contributed by atoms with Gasteiger partial charge in [0.2, 0.25) is 0 Å². The monoisotopic (exact) mass is 676 g/mol. The number of nitrogens with zero attached hydrogens (tertiary/aromatic N) is 1. The first kappa shape index (κ1) is 46.9. The number of rotatable bonds is 39. The summed E-state index contributed by atoms with van der Waals surface area (Å²) in [5.41, 5.74) is 0. The third-order valence-corrected chi connectivity index (χ3v) is 9.85. The molecule has 0 rings (SSSR count). The van der Waals surface area contributed by atoms with Gasteiger partial charge >= 0.3 is 5.97 Å². The minimum atomic E-state index is 0.0730. The molecule has 4 nitrogen and oxygen atoms in total. The Balaban J connectivity index is 3.84. The molecule has 0 aromatic carbocycles. The van der Waals surface area contributed by atoms with Crippen molar-refractivity contribution in [2.24, 2.45) is 5.92 Å². The Kier molecular flexibility index (Phi) is 39.4. The highest BCUT2D eigenvalue weighted by atomic mass is 16.5. The average molecular weight is 676 g/mol. The second-order valence-corrected chi connectivity index (χ2v) is 14.5. The van der Waals surface area contributed by atoms with Gasteiger partial charge in [-0.3, -0.25) is 4.79 Å². The summed E-state index contributed by atoms with van der Waals surface area (Å²) < 4.78 is 5.78. The summed E-state index contributed by atoms with van der Waals surface area (Å²) >= 11 is 0. The van der Waals surface area contributed by atoms with Crippen LogP contribution in [0.25, 0.3) is 0 Å². The number of ether oxygens (including phenoxy) is 1. The Morgan fingerprint density at radius 3 is 1.48 bits per heavy atom. The summed E-state index contributed by atoms with van der Waals surface area (Å²) in [5, 5.41) is 9.53. The van der Waals surface area contributed by atoms with Crippen molar-refractivity contribution in [3.63, 3.8) is 0 Å². The minimum absolute atomic E-state index is 0.0730. The quantitative estimate of drug-likeness (QED) is 0.0400. The average Bonchev–Trinajstić information content (AvgIpc) is 3.09. The molecule has 0 aliphatic heterocycles. The number of esters is 1. The summed E-state index contributed by atoms with van der Waals surface area (Å²) in [4.78, 5) is 15.3. The van der Waals surface area contributed by atoms with Crippen molar-refractivity contribution in [2.75, 3.05) is 32.8 Å². The van der Waals surface area contributed by atoms with Gasteiger partial charge < -0.3 is 14.7 Å². The highest BCUT2D eigenvalue weighted by molar-refractivity contribution is 5.72. The van der Waals surface area contributed by atoms with Crippen LogP contribution in [-0.4, -0.2) is 48.8 Å². The molecule has 0 heterocycles. The summed E-state index contributed by atoms with van der Waals surface area (Å²) in [6.45, 7) is 10.7. The molecule has 1 N–H and O–H groups in total. The van der Waals surface area contributed by atoms with E-state index in [0.29, 0.717) is 6.61 Å². The molecule has 0 aliphatic rings. The fourth-order valence-corrected chi connectivity index (χ4v) is 6.60. The summed E-state index contributed by atoms with van der Waals surface area (Å²) in [6, 6.07) is 0. The van der Waals surface area contributed by atoms with Crippen LogP contribution in [0.1, 0.15) is 213 Å². The van der Waals surface area contributed by atoms with Crippen LogP contribution in [0.15, 0.2) is 24.3 Å². The first-order valence-electron chi connectivity index (χ1n) is 21.5. The topological polar surface area (TPSA) is 49.8 Å². The molecule has 48 heavy (non-hydrogen) atoms. The molecule has 1 unspecified atom stereocenters. The zero-order valence-corrected chi connectivity index (χ0v) is 32.8. The van der Waals surface area contributed by atoms with Gasteiger partial charge in [-0.05, 0) is 77.3 Å². The fraction of sp³-hybridized carbons (Fsp3) is 0.886. The van der Waals surface area contributed by atoms with E-state index in [-0.39, 0.29) is 18.5 Å². The van der Waals surface area contributed by atoms with Crippen LogP contribution in [0.4, 0.5) is 0 Å². The standard InChI is InChI=1S/C44H85NO3/c1-4-7-10-13-15-16-17-18-19-20-21-22-23-24-28-33-38-45(40-41-46)39-34-29-25-26-30-35-42-48-44(47)43(36-31-12-9-6-3)37-32-27-14-11-8-5-2/h15-16,18-19,43,46H,4-14,17,20-42H2,1-3H3/b16-15-,19-18-. The number of hydrogen-bond donors (Lipinski definition) is 1. The van der Waals surface area contributed by atoms with Crippen molar-refractivity contribution in [2.45, 2.75) is 213 Å². The summed E-state index contributed by atoms with van der Waals surface area (Å²) in [7, 11) is 0. The van der Waals surface area contributed by atoms with Gasteiger partial charge in [-0.25, -0.2) is 0 Å². The van der Waals surface area contributed by atoms with E-state index in [9.17, 15) is 9.90 Å². The van der Waals surface area contributed by atoms with Gasteiger partial charge in [-0.15, -0.1) is 0 Å². The third kappa shape index (κ3) is 34.7. The van der Waals surface area contributed by atoms with Gasteiger partial charge in [0.25, 0.3) is 0 Å². The lowest BCUT2D eigenvalue weighted by Gasteiger charge is -2.21. The van der Waals surface area contributed by atoms with Crippen molar-refractivity contribution in [1.29, 1.82) is 0 Å². The molecule has 0 amide bonds. The molecule has 4 heteroatoms. The van der Waals surface area contributed by atoms with Gasteiger partial charge in [-0.2, -0.15) is 0 Å². The van der Waals surface area contributed by atoms with E-state index in [1.165, 1.54) is 154 Å². The van der Waals surface area contributed by atoms with Crippen LogP contribution >= 0.6 is 0 Å². The molecule has 284 valence electrons. The van der Waals surface area contributed by atoms with E-state index < -0.39 is 0 Å². The van der Waals surface area contributed by atoms with Gasteiger partial charge in [0, 0.05) is 6.54 Å². The predicted molar refractivity (Wildman–Crippen MR) is 212 cm³/mol. The lowest BCUT2D eigenvalue weighted by Crippen LogP contribution is -2.29. The highest BCUT2D eigenvalue weighted by Crippen LogP contribution is 2.21. The van der Waals surface area contributed by atoms with Gasteiger partial charge in [0.1, 0.15) is 0 Å². The van der Waals surface area contributed by atoms with Gasteiger partial charge in [0.05, 0.1) is 19.1 Å². The maximum atomic E-state index is 12.8. The smallest absolute Gasteiger partial charge is 0.308 e. The van der Waals surface area contributed by atoms with Crippen LogP contribution < -0.4 is 0 Å². The Bertz CT molecular complexity index is 691. The van der Waals surface area contributed by atoms with Crippen LogP contribution in [0.2, 0.25) is 0 Å². The van der Waals surface area contributed by atoms with E-state index in [2.05, 4.69) is 50.0 Å². The summed E-state index contributed by atoms with van der Waals surface area (Å²) in [6.07, 6.45) is 46.5. The SMILES string of the molecule is CCCCC/C=C\C/C=C\CCCCCCCCN(CCO)CCCCCCCCOC(=O)C(CCCCCC)CCCCCCCC. The molecule has 0 aromatic rings. The normalized spacial score (nSPS) is 12.6. The molecule has 1 atom stereocenters. The second kappa shape index (κ2) is 40.3. The first-order valence-corrected chi connectivity index (χ1v) is 21.5. The van der Waals surface area contributed by atoms with Crippen LogP contribution in [0, 0.1) is 5.92 Å². The molecular formula is C44H85NO3. The van der Waals surface area contributed by atoms with Crippen molar-refractivity contribution < 1.29 is 14.6 Å². The van der Waals surface area contributed by atoms with Gasteiger partial charge in [-0.1, -0.05) is 173 Å². The third-order valence-electron chi connectivity index (χ3n) is 9.85. The molecule has 0 saturated carbocycles. The van der Waals surface area contributed by atoms with Crippen molar-refractivity contribution in [1.82, 2.24) is 4.90 Å². The zero-order valence-electron chi connectivity index (χ0n) is 32.8. The maximum absolute atomic E-state index is 12.8.